The molecule has 0 radical (unpaired) electrons. The quantitative estimate of drug-likeness (QED) is 0.681. The molecule has 3 nitrogen and oxygen atoms in total. The Balaban J connectivity index is 2.14. The third kappa shape index (κ3) is 1.46. The molecule has 0 unspecified atom stereocenters. The van der Waals surface area contributed by atoms with Gasteiger partial charge in [0.25, 0.3) is 0 Å². The molecule has 2 rings (SSSR count). The number of hydrogen-bond acceptors (Lipinski definition) is 4. The summed E-state index contributed by atoms with van der Waals surface area (Å²) in [5.74, 6) is 0.670. The van der Waals surface area contributed by atoms with E-state index in [4.69, 9.17) is 4.42 Å². The third-order valence-corrected chi connectivity index (χ3v) is 2.07. The number of rotatable bonds is 2. The van der Waals surface area contributed by atoms with Crippen molar-refractivity contribution < 1.29 is 4.42 Å². The summed E-state index contributed by atoms with van der Waals surface area (Å²) in [5, 5.41) is 11.5. The molecule has 0 fully saturated rings. The van der Waals surface area contributed by atoms with E-state index in [1.165, 1.54) is 12.0 Å². The first-order chi connectivity index (χ1) is 5.45. The molecule has 2 aromatic rings. The minimum absolute atomic E-state index is 0.670. The molecule has 4 heteroatoms. The summed E-state index contributed by atoms with van der Waals surface area (Å²) >= 11 is 1.67. The van der Waals surface area contributed by atoms with Gasteiger partial charge in [0.1, 0.15) is 0 Å². The predicted molar refractivity (Wildman–Crippen MR) is 41.4 cm³/mol. The van der Waals surface area contributed by atoms with Crippen molar-refractivity contribution >= 4 is 11.3 Å². The smallest absolute Gasteiger partial charge is 0.220 e. The van der Waals surface area contributed by atoms with Crippen molar-refractivity contribution in [2.75, 3.05) is 0 Å². The first-order valence-electron chi connectivity index (χ1n) is 3.21. The van der Waals surface area contributed by atoms with Gasteiger partial charge in [0.2, 0.25) is 12.3 Å². The van der Waals surface area contributed by atoms with Gasteiger partial charge in [0, 0.05) is 0 Å². The molecule has 11 heavy (non-hydrogen) atoms. The fourth-order valence-corrected chi connectivity index (χ4v) is 1.51. The number of hydrogen-bond donors (Lipinski definition) is 0. The Bertz CT molecular complexity index is 269. The normalized spacial score (nSPS) is 10.2. The fraction of sp³-hybridized carbons (Fsp3) is 0.143. The van der Waals surface area contributed by atoms with Gasteiger partial charge in [-0.1, -0.05) is 0 Å². The third-order valence-electron chi connectivity index (χ3n) is 1.34. The Hall–Kier alpha value is -1.16. The SMILES string of the molecule is c1nnc(Cc2ccsc2)o1. The Morgan fingerprint density at radius 1 is 1.55 bits per heavy atom. The summed E-state index contributed by atoms with van der Waals surface area (Å²) in [7, 11) is 0. The van der Waals surface area contributed by atoms with Crippen LogP contribution < -0.4 is 0 Å². The van der Waals surface area contributed by atoms with Crippen molar-refractivity contribution in [3.8, 4) is 0 Å². The van der Waals surface area contributed by atoms with E-state index < -0.39 is 0 Å². The lowest BCUT2D eigenvalue weighted by Crippen LogP contribution is -1.84. The van der Waals surface area contributed by atoms with Crippen LogP contribution in [0.1, 0.15) is 11.5 Å². The topological polar surface area (TPSA) is 38.9 Å². The summed E-state index contributed by atoms with van der Waals surface area (Å²) in [6.07, 6.45) is 2.09. The van der Waals surface area contributed by atoms with Crippen molar-refractivity contribution in [1.82, 2.24) is 10.2 Å². The zero-order valence-corrected chi connectivity index (χ0v) is 6.54. The van der Waals surface area contributed by atoms with Gasteiger partial charge in [-0.2, -0.15) is 11.3 Å². The van der Waals surface area contributed by atoms with E-state index >= 15 is 0 Å². The van der Waals surface area contributed by atoms with Crippen LogP contribution in [0.3, 0.4) is 0 Å². The molecule has 56 valence electrons. The highest BCUT2D eigenvalue weighted by atomic mass is 32.1. The molecule has 0 aliphatic carbocycles. The van der Waals surface area contributed by atoms with Crippen LogP contribution in [0.5, 0.6) is 0 Å². The minimum atomic E-state index is 0.670. The van der Waals surface area contributed by atoms with Crippen LogP contribution in [0.25, 0.3) is 0 Å². The van der Waals surface area contributed by atoms with E-state index in [-0.39, 0.29) is 0 Å². The average Bonchev–Trinajstić information content (AvgIpc) is 2.60. The van der Waals surface area contributed by atoms with E-state index in [1.54, 1.807) is 11.3 Å². The maximum atomic E-state index is 4.99. The first kappa shape index (κ1) is 6.54. The molecule has 0 aliphatic rings. The predicted octanol–water partition coefficient (Wildman–Crippen LogP) is 1.72. The van der Waals surface area contributed by atoms with E-state index in [1.807, 2.05) is 5.38 Å². The lowest BCUT2D eigenvalue weighted by molar-refractivity contribution is 0.505. The maximum absolute atomic E-state index is 4.99. The van der Waals surface area contributed by atoms with Gasteiger partial charge in [0.05, 0.1) is 6.42 Å². The molecule has 0 spiro atoms. The second kappa shape index (κ2) is 2.84. The van der Waals surface area contributed by atoms with E-state index in [0.717, 1.165) is 6.42 Å². The van der Waals surface area contributed by atoms with E-state index in [2.05, 4.69) is 21.6 Å². The van der Waals surface area contributed by atoms with Crippen molar-refractivity contribution in [2.24, 2.45) is 0 Å². The molecule has 2 heterocycles. The molecule has 0 aliphatic heterocycles. The standard InChI is InChI=1S/C7H6N2OS/c1-2-11-4-6(1)3-7-9-8-5-10-7/h1-2,4-5H,3H2. The summed E-state index contributed by atoms with van der Waals surface area (Å²) in [4.78, 5) is 0. The van der Waals surface area contributed by atoms with Crippen LogP contribution in [0.2, 0.25) is 0 Å². The fourth-order valence-electron chi connectivity index (χ4n) is 0.841. The molecule has 0 aromatic carbocycles. The first-order valence-corrected chi connectivity index (χ1v) is 4.15. The molecule has 2 aromatic heterocycles. The molecular weight excluding hydrogens is 160 g/mol. The number of aromatic nitrogens is 2. The van der Waals surface area contributed by atoms with Crippen molar-refractivity contribution in [1.29, 1.82) is 0 Å². The van der Waals surface area contributed by atoms with Crippen LogP contribution >= 0.6 is 11.3 Å². The summed E-state index contributed by atoms with van der Waals surface area (Å²) in [5.41, 5.74) is 1.22. The Kier molecular flexibility index (Phi) is 1.69. The molecule has 0 saturated heterocycles. The minimum Gasteiger partial charge on any atom is -0.428 e. The Morgan fingerprint density at radius 2 is 2.55 bits per heavy atom. The lowest BCUT2D eigenvalue weighted by Gasteiger charge is -1.87. The second-order valence-corrected chi connectivity index (χ2v) is 2.92. The van der Waals surface area contributed by atoms with Gasteiger partial charge >= 0.3 is 0 Å². The lowest BCUT2D eigenvalue weighted by atomic mass is 10.2. The van der Waals surface area contributed by atoms with Crippen LogP contribution in [0.4, 0.5) is 0 Å². The summed E-state index contributed by atoms with van der Waals surface area (Å²) in [6.45, 7) is 0. The van der Waals surface area contributed by atoms with Gasteiger partial charge in [0.15, 0.2) is 0 Å². The molecular formula is C7H6N2OS. The molecule has 0 atom stereocenters. The van der Waals surface area contributed by atoms with Crippen molar-refractivity contribution in [2.45, 2.75) is 6.42 Å². The van der Waals surface area contributed by atoms with Gasteiger partial charge in [-0.15, -0.1) is 10.2 Å². The van der Waals surface area contributed by atoms with Crippen molar-refractivity contribution in [3.63, 3.8) is 0 Å². The number of thiophene rings is 1. The Labute approximate surface area is 67.7 Å². The van der Waals surface area contributed by atoms with Gasteiger partial charge in [-0.05, 0) is 22.4 Å². The highest BCUT2D eigenvalue weighted by molar-refractivity contribution is 7.07. The van der Waals surface area contributed by atoms with Gasteiger partial charge < -0.3 is 4.42 Å². The maximum Gasteiger partial charge on any atom is 0.220 e. The van der Waals surface area contributed by atoms with Gasteiger partial charge in [-0.3, -0.25) is 0 Å². The van der Waals surface area contributed by atoms with E-state index in [0.29, 0.717) is 5.89 Å². The van der Waals surface area contributed by atoms with Crippen LogP contribution in [-0.4, -0.2) is 10.2 Å². The largest absolute Gasteiger partial charge is 0.428 e. The van der Waals surface area contributed by atoms with Gasteiger partial charge in [-0.25, -0.2) is 0 Å². The highest BCUT2D eigenvalue weighted by Gasteiger charge is 1.99. The summed E-state index contributed by atoms with van der Waals surface area (Å²) in [6, 6.07) is 2.05. The van der Waals surface area contributed by atoms with Crippen LogP contribution in [0.15, 0.2) is 27.6 Å². The summed E-state index contributed by atoms with van der Waals surface area (Å²) < 4.78 is 4.99. The van der Waals surface area contributed by atoms with E-state index in [9.17, 15) is 0 Å². The molecule has 0 N–H and O–H groups in total. The highest BCUT2D eigenvalue weighted by Crippen LogP contribution is 2.09. The van der Waals surface area contributed by atoms with Crippen LogP contribution in [0, 0.1) is 0 Å². The zero-order valence-electron chi connectivity index (χ0n) is 5.73. The molecule has 0 saturated carbocycles. The molecule has 0 bridgehead atoms. The van der Waals surface area contributed by atoms with Crippen LogP contribution in [-0.2, 0) is 6.42 Å². The molecule has 0 amide bonds. The van der Waals surface area contributed by atoms with Crippen molar-refractivity contribution in [3.05, 3.63) is 34.7 Å². The average molecular weight is 166 g/mol. The second-order valence-electron chi connectivity index (χ2n) is 2.14. The number of nitrogens with zero attached hydrogens (tertiary/aromatic N) is 2. The zero-order chi connectivity index (χ0) is 7.52. The Morgan fingerprint density at radius 3 is 3.18 bits per heavy atom. The monoisotopic (exact) mass is 166 g/mol.